The molecule has 1 fully saturated rings. The number of fused-ring (bicyclic) bond motifs is 1. The molecule has 0 unspecified atom stereocenters. The molecule has 2 aromatic carbocycles. The zero-order valence-electron chi connectivity index (χ0n) is 18.2. The Morgan fingerprint density at radius 3 is 2.56 bits per heavy atom. The summed E-state index contributed by atoms with van der Waals surface area (Å²) in [4.78, 5) is 26.6. The zero-order chi connectivity index (χ0) is 23.7. The van der Waals surface area contributed by atoms with E-state index in [2.05, 4.69) is 9.88 Å². The number of benzene rings is 2. The van der Waals surface area contributed by atoms with Crippen molar-refractivity contribution in [2.75, 3.05) is 26.2 Å². The summed E-state index contributed by atoms with van der Waals surface area (Å²) < 4.78 is 13.3. The van der Waals surface area contributed by atoms with Crippen molar-refractivity contribution >= 4 is 40.0 Å². The van der Waals surface area contributed by atoms with Crippen LogP contribution in [0.4, 0.5) is 4.39 Å². The molecular weight excluding hydrogens is 474 g/mol. The monoisotopic (exact) mass is 494 g/mol. The van der Waals surface area contributed by atoms with Crippen LogP contribution in [0.1, 0.15) is 15.9 Å². The quantitative estimate of drug-likeness (QED) is 0.365. The van der Waals surface area contributed by atoms with Crippen LogP contribution in [0.2, 0.25) is 10.0 Å². The number of piperazine rings is 1. The second-order valence-electron chi connectivity index (χ2n) is 8.26. The molecule has 1 amide bonds. The first-order chi connectivity index (χ1) is 16.5. The van der Waals surface area contributed by atoms with Crippen molar-refractivity contribution in [2.45, 2.75) is 6.54 Å². The smallest absolute Gasteiger partial charge is 0.254 e. The largest absolute Gasteiger partial charge is 0.336 e. The van der Waals surface area contributed by atoms with E-state index in [1.54, 1.807) is 30.6 Å². The molecule has 0 radical (unpaired) electrons. The van der Waals surface area contributed by atoms with E-state index in [-0.39, 0.29) is 11.7 Å². The lowest BCUT2D eigenvalue weighted by molar-refractivity contribution is 0.0630. The minimum absolute atomic E-state index is 0.0562. The lowest BCUT2D eigenvalue weighted by atomic mass is 10.0. The molecule has 0 atom stereocenters. The van der Waals surface area contributed by atoms with E-state index in [0.717, 1.165) is 16.5 Å². The molecule has 34 heavy (non-hydrogen) atoms. The number of carbonyl (C=O) groups excluding carboxylic acids is 1. The van der Waals surface area contributed by atoms with Crippen molar-refractivity contribution < 1.29 is 9.18 Å². The number of amides is 1. The van der Waals surface area contributed by atoms with Gasteiger partial charge in [-0.2, -0.15) is 0 Å². The van der Waals surface area contributed by atoms with Crippen LogP contribution in [0.25, 0.3) is 22.2 Å². The third kappa shape index (κ3) is 4.75. The Balaban J connectivity index is 1.38. The van der Waals surface area contributed by atoms with Crippen LogP contribution in [-0.2, 0) is 6.54 Å². The molecule has 0 N–H and O–H groups in total. The molecule has 0 spiro atoms. The van der Waals surface area contributed by atoms with Gasteiger partial charge in [0.2, 0.25) is 0 Å². The van der Waals surface area contributed by atoms with Gasteiger partial charge < -0.3 is 4.90 Å². The minimum atomic E-state index is -0.348. The number of halogens is 3. The number of pyridine rings is 2. The zero-order valence-corrected chi connectivity index (χ0v) is 19.7. The fraction of sp³-hybridized carbons (Fsp3) is 0.192. The normalized spacial score (nSPS) is 14.5. The standard InChI is InChI=1S/C26H21Cl2FN4O/c27-19-4-6-24-21(12-19)22(14-25(31-24)17-2-1-7-30-15-17)26(34)33-10-8-32(9-11-33)16-18-3-5-20(29)13-23(18)28/h1-7,12-15H,8-11,16H2. The summed E-state index contributed by atoms with van der Waals surface area (Å²) in [5.41, 5.74) is 3.68. The number of rotatable bonds is 4. The van der Waals surface area contributed by atoms with E-state index in [9.17, 15) is 9.18 Å². The highest BCUT2D eigenvalue weighted by atomic mass is 35.5. The molecule has 172 valence electrons. The number of hydrogen-bond donors (Lipinski definition) is 0. The van der Waals surface area contributed by atoms with Crippen molar-refractivity contribution in [2.24, 2.45) is 0 Å². The second-order valence-corrected chi connectivity index (χ2v) is 9.11. The molecule has 5 rings (SSSR count). The Hall–Kier alpha value is -3.06. The van der Waals surface area contributed by atoms with Gasteiger partial charge in [-0.05, 0) is 54.1 Å². The van der Waals surface area contributed by atoms with Crippen molar-refractivity contribution in [1.29, 1.82) is 0 Å². The van der Waals surface area contributed by atoms with Gasteiger partial charge in [0.1, 0.15) is 5.82 Å². The van der Waals surface area contributed by atoms with Gasteiger partial charge >= 0.3 is 0 Å². The summed E-state index contributed by atoms with van der Waals surface area (Å²) in [5.74, 6) is -0.404. The van der Waals surface area contributed by atoms with Gasteiger partial charge in [0.05, 0.1) is 16.8 Å². The van der Waals surface area contributed by atoms with Crippen LogP contribution in [0.15, 0.2) is 67.0 Å². The van der Waals surface area contributed by atoms with Crippen molar-refractivity contribution in [3.05, 3.63) is 94.0 Å². The summed E-state index contributed by atoms with van der Waals surface area (Å²) in [5, 5.41) is 1.70. The first-order valence-electron chi connectivity index (χ1n) is 10.9. The molecule has 0 aliphatic carbocycles. The molecular formula is C26H21Cl2FN4O. The molecule has 5 nitrogen and oxygen atoms in total. The molecule has 2 aromatic heterocycles. The average molecular weight is 495 g/mol. The third-order valence-corrected chi connectivity index (χ3v) is 6.61. The summed E-state index contributed by atoms with van der Waals surface area (Å²) >= 11 is 12.4. The maximum Gasteiger partial charge on any atom is 0.254 e. The predicted octanol–water partition coefficient (Wildman–Crippen LogP) is 5.70. The molecule has 0 bridgehead atoms. The second kappa shape index (κ2) is 9.66. The molecule has 4 aromatic rings. The highest BCUT2D eigenvalue weighted by Gasteiger charge is 2.25. The Morgan fingerprint density at radius 1 is 1.00 bits per heavy atom. The Morgan fingerprint density at radius 2 is 1.82 bits per heavy atom. The molecule has 1 aliphatic rings. The van der Waals surface area contributed by atoms with Crippen LogP contribution in [0.5, 0.6) is 0 Å². The van der Waals surface area contributed by atoms with Crippen LogP contribution >= 0.6 is 23.2 Å². The fourth-order valence-corrected chi connectivity index (χ4v) is 4.61. The van der Waals surface area contributed by atoms with E-state index < -0.39 is 0 Å². The maximum atomic E-state index is 13.6. The van der Waals surface area contributed by atoms with E-state index >= 15 is 0 Å². The third-order valence-electron chi connectivity index (χ3n) is 6.03. The van der Waals surface area contributed by atoms with Gasteiger partial charge in [0.15, 0.2) is 0 Å². The topological polar surface area (TPSA) is 49.3 Å². The van der Waals surface area contributed by atoms with E-state index in [4.69, 9.17) is 28.2 Å². The van der Waals surface area contributed by atoms with Crippen LogP contribution in [-0.4, -0.2) is 51.9 Å². The van der Waals surface area contributed by atoms with E-state index in [0.29, 0.717) is 59.5 Å². The van der Waals surface area contributed by atoms with Crippen molar-refractivity contribution in [3.63, 3.8) is 0 Å². The Bertz CT molecular complexity index is 1360. The highest BCUT2D eigenvalue weighted by molar-refractivity contribution is 6.31. The SMILES string of the molecule is O=C(c1cc(-c2cccnc2)nc2ccc(Cl)cc12)N1CCN(Cc2ccc(F)cc2Cl)CC1. The minimum Gasteiger partial charge on any atom is -0.336 e. The fourth-order valence-electron chi connectivity index (χ4n) is 4.21. The van der Waals surface area contributed by atoms with Crippen molar-refractivity contribution in [1.82, 2.24) is 19.8 Å². The Labute approximate surface area is 206 Å². The van der Waals surface area contributed by atoms with Gasteiger partial charge in [0.25, 0.3) is 5.91 Å². The maximum absolute atomic E-state index is 13.6. The lowest BCUT2D eigenvalue weighted by Crippen LogP contribution is -2.48. The molecule has 0 saturated carbocycles. The summed E-state index contributed by atoms with van der Waals surface area (Å²) in [6.45, 7) is 3.14. The van der Waals surface area contributed by atoms with Crippen LogP contribution in [0.3, 0.4) is 0 Å². The van der Waals surface area contributed by atoms with Crippen LogP contribution < -0.4 is 0 Å². The van der Waals surface area contributed by atoms with Gasteiger partial charge in [-0.15, -0.1) is 0 Å². The predicted molar refractivity (Wildman–Crippen MR) is 133 cm³/mol. The first-order valence-corrected chi connectivity index (χ1v) is 11.7. The molecule has 8 heteroatoms. The van der Waals surface area contributed by atoms with Crippen LogP contribution in [0, 0.1) is 5.82 Å². The highest BCUT2D eigenvalue weighted by Crippen LogP contribution is 2.28. The average Bonchev–Trinajstić information content (AvgIpc) is 2.86. The molecule has 3 heterocycles. The molecule has 1 saturated heterocycles. The van der Waals surface area contributed by atoms with E-state index in [1.807, 2.05) is 29.2 Å². The number of carbonyl (C=O) groups is 1. The summed E-state index contributed by atoms with van der Waals surface area (Å²) in [6, 6.07) is 15.4. The molecule has 1 aliphatic heterocycles. The summed E-state index contributed by atoms with van der Waals surface area (Å²) in [7, 11) is 0. The number of nitrogens with zero attached hydrogens (tertiary/aromatic N) is 4. The van der Waals surface area contributed by atoms with Crippen molar-refractivity contribution in [3.8, 4) is 11.3 Å². The van der Waals surface area contributed by atoms with Gasteiger partial charge in [0, 0.05) is 66.1 Å². The lowest BCUT2D eigenvalue weighted by Gasteiger charge is -2.35. The van der Waals surface area contributed by atoms with Gasteiger partial charge in [-0.25, -0.2) is 9.37 Å². The van der Waals surface area contributed by atoms with E-state index in [1.165, 1.54) is 12.1 Å². The number of hydrogen-bond acceptors (Lipinski definition) is 4. The Kier molecular flexibility index (Phi) is 6.46. The number of aromatic nitrogens is 2. The summed E-state index contributed by atoms with van der Waals surface area (Å²) in [6.07, 6.45) is 3.44. The van der Waals surface area contributed by atoms with Gasteiger partial charge in [-0.3, -0.25) is 14.7 Å². The first kappa shape index (κ1) is 22.7. The van der Waals surface area contributed by atoms with Gasteiger partial charge in [-0.1, -0.05) is 29.3 Å².